The fourth-order valence-electron chi connectivity index (χ4n) is 7.00. The molecule has 8 heteroatoms. The Hall–Kier alpha value is -1.80. The molecule has 1 N–H and O–H groups in total. The third-order valence-corrected chi connectivity index (χ3v) is 11.0. The monoisotopic (exact) mass is 548 g/mol. The van der Waals surface area contributed by atoms with E-state index in [2.05, 4.69) is 27.0 Å². The minimum Gasteiger partial charge on any atom is -0.465 e. The molecule has 3 rings (SSSR count). The quantitative estimate of drug-likeness (QED) is 0.185. The average Bonchev–Trinajstić information content (AvgIpc) is 3.46. The second-order valence-corrected chi connectivity index (χ2v) is 13.2. The van der Waals surface area contributed by atoms with Gasteiger partial charge in [0.05, 0.1) is 35.8 Å². The maximum Gasteiger partial charge on any atom is 0.310 e. The van der Waals surface area contributed by atoms with E-state index in [9.17, 15) is 19.5 Å². The first-order valence-electron chi connectivity index (χ1n) is 14.4. The van der Waals surface area contributed by atoms with Gasteiger partial charge < -0.3 is 19.6 Å². The van der Waals surface area contributed by atoms with Gasteiger partial charge in [0.2, 0.25) is 11.8 Å². The van der Waals surface area contributed by atoms with Crippen molar-refractivity contribution in [1.29, 1.82) is 0 Å². The lowest BCUT2D eigenvalue weighted by Crippen LogP contribution is -2.61. The highest BCUT2D eigenvalue weighted by atomic mass is 32.2. The Labute approximate surface area is 233 Å². The summed E-state index contributed by atoms with van der Waals surface area (Å²) in [6, 6.07) is -1.26. The molecule has 3 aliphatic rings. The molecule has 8 atom stereocenters. The van der Waals surface area contributed by atoms with Crippen molar-refractivity contribution in [2.24, 2.45) is 23.7 Å². The molecule has 3 aliphatic heterocycles. The summed E-state index contributed by atoms with van der Waals surface area (Å²) in [5.41, 5.74) is 0. The van der Waals surface area contributed by atoms with Crippen LogP contribution in [0.4, 0.5) is 0 Å². The Balaban J connectivity index is 2.03. The molecule has 0 aromatic heterocycles. The molecule has 3 heterocycles. The summed E-state index contributed by atoms with van der Waals surface area (Å²) in [6.07, 6.45) is 8.65. The number of carbonyl (C=O) groups excluding carboxylic acids is 3. The second kappa shape index (κ2) is 13.0. The average molecular weight is 549 g/mol. The van der Waals surface area contributed by atoms with Gasteiger partial charge in [-0.25, -0.2) is 0 Å². The zero-order valence-electron chi connectivity index (χ0n) is 23.9. The number of fused-ring (bicyclic) bond motifs is 1. The first-order valence-corrected chi connectivity index (χ1v) is 15.3. The molecule has 2 amide bonds. The minimum absolute atomic E-state index is 0.0141. The molecule has 0 aromatic rings. The molecule has 0 aromatic carbocycles. The molecular formula is C30H48N2O5S. The summed E-state index contributed by atoms with van der Waals surface area (Å²) in [5.74, 6) is -1.80. The van der Waals surface area contributed by atoms with E-state index in [1.165, 1.54) is 0 Å². The molecule has 214 valence electrons. The zero-order valence-corrected chi connectivity index (χ0v) is 24.8. The summed E-state index contributed by atoms with van der Waals surface area (Å²) < 4.78 is 5.00. The molecule has 38 heavy (non-hydrogen) atoms. The number of aliphatic hydroxyl groups excluding tert-OH is 1. The number of aliphatic hydroxyl groups is 1. The fraction of sp³-hybridized carbons (Fsp3) is 0.767. The van der Waals surface area contributed by atoms with Crippen molar-refractivity contribution >= 4 is 29.5 Å². The first kappa shape index (κ1) is 30.7. The lowest BCUT2D eigenvalue weighted by Gasteiger charge is -2.43. The van der Waals surface area contributed by atoms with Crippen molar-refractivity contribution in [2.75, 3.05) is 19.8 Å². The number of unbranched alkanes of at least 4 members (excludes halogenated alkanes) is 2. The predicted octanol–water partition coefficient (Wildman–Crippen LogP) is 4.44. The van der Waals surface area contributed by atoms with Crippen LogP contribution in [0.15, 0.2) is 25.3 Å². The smallest absolute Gasteiger partial charge is 0.310 e. The van der Waals surface area contributed by atoms with E-state index in [1.54, 1.807) is 22.7 Å². The minimum atomic E-state index is -0.741. The van der Waals surface area contributed by atoms with Crippen LogP contribution in [0.3, 0.4) is 0 Å². The van der Waals surface area contributed by atoms with E-state index in [4.69, 9.17) is 4.74 Å². The molecule has 2 bridgehead atoms. The summed E-state index contributed by atoms with van der Waals surface area (Å²) in [7, 11) is 0. The van der Waals surface area contributed by atoms with Crippen molar-refractivity contribution < 1.29 is 24.2 Å². The Morgan fingerprint density at radius 3 is 2.55 bits per heavy atom. The van der Waals surface area contributed by atoms with E-state index in [1.807, 2.05) is 31.7 Å². The van der Waals surface area contributed by atoms with Gasteiger partial charge >= 0.3 is 5.97 Å². The van der Waals surface area contributed by atoms with Crippen molar-refractivity contribution in [2.45, 2.75) is 101 Å². The Morgan fingerprint density at radius 1 is 1.26 bits per heavy atom. The van der Waals surface area contributed by atoms with Crippen molar-refractivity contribution in [3.63, 3.8) is 0 Å². The van der Waals surface area contributed by atoms with Gasteiger partial charge in [-0.2, -0.15) is 0 Å². The van der Waals surface area contributed by atoms with Crippen LogP contribution >= 0.6 is 11.8 Å². The number of hydrogen-bond donors (Lipinski definition) is 1. The molecule has 7 nitrogen and oxygen atoms in total. The van der Waals surface area contributed by atoms with Crippen molar-refractivity contribution in [1.82, 2.24) is 9.80 Å². The number of likely N-dealkylation sites (tertiary alicyclic amines) is 1. The van der Waals surface area contributed by atoms with Crippen LogP contribution in [0, 0.1) is 23.7 Å². The van der Waals surface area contributed by atoms with E-state index >= 15 is 0 Å². The fourth-order valence-corrected chi connectivity index (χ4v) is 9.39. The van der Waals surface area contributed by atoms with Gasteiger partial charge in [0.25, 0.3) is 0 Å². The van der Waals surface area contributed by atoms with E-state index in [0.717, 1.165) is 38.5 Å². The summed E-state index contributed by atoms with van der Waals surface area (Å²) in [6.45, 7) is 18.3. The third kappa shape index (κ3) is 5.32. The normalized spacial score (nSPS) is 31.3. The van der Waals surface area contributed by atoms with Gasteiger partial charge in [0.1, 0.15) is 6.04 Å². The number of nitrogens with zero attached hydrogens (tertiary/aromatic N) is 2. The SMILES string of the molecule is C=CCCCCOC(=O)[C@@H]1[C@H]2C(=O)N([C@@H](CO)C(C)C)C(C(=O)N(CC=C)C(C)CCC)C23S[C@@H]1CC3C. The van der Waals surface area contributed by atoms with Crippen molar-refractivity contribution in [3.8, 4) is 0 Å². The number of allylic oxidation sites excluding steroid dienone is 1. The highest BCUT2D eigenvalue weighted by Crippen LogP contribution is 2.69. The van der Waals surface area contributed by atoms with E-state index < -0.39 is 28.7 Å². The largest absolute Gasteiger partial charge is 0.465 e. The number of carbonyl (C=O) groups is 3. The van der Waals surface area contributed by atoms with Gasteiger partial charge in [0.15, 0.2) is 0 Å². The lowest BCUT2D eigenvalue weighted by atomic mass is 9.66. The van der Waals surface area contributed by atoms with Crippen LogP contribution in [-0.2, 0) is 19.1 Å². The van der Waals surface area contributed by atoms with E-state index in [-0.39, 0.29) is 47.5 Å². The summed E-state index contributed by atoms with van der Waals surface area (Å²) >= 11 is 1.65. The maximum absolute atomic E-state index is 14.5. The maximum atomic E-state index is 14.5. The highest BCUT2D eigenvalue weighted by Gasteiger charge is 2.77. The lowest BCUT2D eigenvalue weighted by molar-refractivity contribution is -0.155. The number of rotatable bonds is 15. The standard InChI is InChI=1S/C30H48N2O5S/c1-8-11-12-13-16-37-29(36)24-23-17-20(6)30(38-23)25(24)27(34)32(22(18-33)19(4)5)26(30)28(35)31(15-10-3)21(7)14-9-2/h8,10,19-26,33H,1,3,9,11-18H2,2,4-7H3/t20?,21?,22-,23+,24-,25-,26?,30?/m0/s1. The van der Waals surface area contributed by atoms with Crippen LogP contribution in [0.5, 0.6) is 0 Å². The number of hydrogen-bond acceptors (Lipinski definition) is 6. The van der Waals surface area contributed by atoms with E-state index in [0.29, 0.717) is 13.2 Å². The molecule has 1 spiro atoms. The van der Waals surface area contributed by atoms with Crippen LogP contribution < -0.4 is 0 Å². The number of amides is 2. The molecule has 0 radical (unpaired) electrons. The summed E-state index contributed by atoms with van der Waals surface area (Å²) in [4.78, 5) is 45.8. The van der Waals surface area contributed by atoms with Gasteiger partial charge in [-0.15, -0.1) is 24.9 Å². The predicted molar refractivity (Wildman–Crippen MR) is 153 cm³/mol. The van der Waals surface area contributed by atoms with Crippen LogP contribution in [-0.4, -0.2) is 80.6 Å². The Bertz CT molecular complexity index is 894. The molecule has 0 saturated carbocycles. The third-order valence-electron chi connectivity index (χ3n) is 8.90. The van der Waals surface area contributed by atoms with Crippen LogP contribution in [0.2, 0.25) is 0 Å². The highest BCUT2D eigenvalue weighted by molar-refractivity contribution is 8.02. The molecule has 3 saturated heterocycles. The molecular weight excluding hydrogens is 500 g/mol. The number of ether oxygens (including phenoxy) is 1. The van der Waals surface area contributed by atoms with Gasteiger partial charge in [-0.1, -0.05) is 46.3 Å². The molecule has 0 aliphatic carbocycles. The van der Waals surface area contributed by atoms with Gasteiger partial charge in [0, 0.05) is 17.8 Å². The molecule has 4 unspecified atom stereocenters. The Morgan fingerprint density at radius 2 is 1.97 bits per heavy atom. The van der Waals surface area contributed by atoms with Gasteiger partial charge in [-0.05, 0) is 50.9 Å². The van der Waals surface area contributed by atoms with Gasteiger partial charge in [-0.3, -0.25) is 14.4 Å². The number of esters is 1. The second-order valence-electron chi connectivity index (χ2n) is 11.7. The first-order chi connectivity index (χ1) is 18.1. The topological polar surface area (TPSA) is 87.1 Å². The van der Waals surface area contributed by atoms with Crippen LogP contribution in [0.1, 0.15) is 73.1 Å². The summed E-state index contributed by atoms with van der Waals surface area (Å²) in [5, 5.41) is 10.4. The number of thioether (sulfide) groups is 1. The van der Waals surface area contributed by atoms with Crippen LogP contribution in [0.25, 0.3) is 0 Å². The Kier molecular flexibility index (Phi) is 10.5. The zero-order chi connectivity index (χ0) is 28.2. The van der Waals surface area contributed by atoms with Crippen molar-refractivity contribution in [3.05, 3.63) is 25.3 Å². The molecule has 3 fully saturated rings.